The monoisotopic (exact) mass is 313 g/mol. The molecule has 0 atom stereocenters. The largest absolute Gasteiger partial charge is 0.367 e. The van der Waals surface area contributed by atoms with E-state index in [-0.39, 0.29) is 5.56 Å². The number of anilines is 1. The third-order valence-corrected chi connectivity index (χ3v) is 5.15. The molecule has 2 aromatic heterocycles. The molecule has 0 saturated carbocycles. The summed E-state index contributed by atoms with van der Waals surface area (Å²) in [6.45, 7) is 10.2. The Bertz CT molecular complexity index is 744. The number of nitrogens with one attached hydrogen (secondary N) is 1. The van der Waals surface area contributed by atoms with Crippen molar-refractivity contribution in [3.63, 3.8) is 0 Å². The quantitative estimate of drug-likeness (QED) is 0.906. The Labute approximate surface area is 135 Å². The first-order chi connectivity index (χ1) is 11.2. The Morgan fingerprint density at radius 2 is 2.00 bits per heavy atom. The molecule has 2 fully saturated rings. The van der Waals surface area contributed by atoms with Crippen LogP contribution in [0.25, 0.3) is 11.0 Å². The lowest BCUT2D eigenvalue weighted by molar-refractivity contribution is 0.0861. The van der Waals surface area contributed by atoms with E-state index in [9.17, 15) is 4.79 Å². The number of piperazine rings is 1. The fourth-order valence-corrected chi connectivity index (χ4v) is 3.54. The van der Waals surface area contributed by atoms with Crippen LogP contribution in [0, 0.1) is 0 Å². The first-order valence-electron chi connectivity index (χ1n) is 8.43. The molecule has 0 spiro atoms. The Kier molecular flexibility index (Phi) is 3.79. The van der Waals surface area contributed by atoms with Crippen LogP contribution in [0.15, 0.2) is 29.2 Å². The van der Waals surface area contributed by atoms with Gasteiger partial charge in [0, 0.05) is 51.4 Å². The zero-order valence-electron chi connectivity index (χ0n) is 13.5. The predicted molar refractivity (Wildman–Crippen MR) is 92.1 cm³/mol. The first kappa shape index (κ1) is 14.7. The molecule has 2 aliphatic rings. The molecular formula is C17H23N5O. The Balaban J connectivity index is 1.41. The van der Waals surface area contributed by atoms with Crippen LogP contribution in [0.3, 0.4) is 0 Å². The highest BCUT2D eigenvalue weighted by atomic mass is 16.1. The molecule has 4 heterocycles. The van der Waals surface area contributed by atoms with Gasteiger partial charge in [-0.25, -0.2) is 0 Å². The van der Waals surface area contributed by atoms with E-state index in [1.54, 1.807) is 6.07 Å². The molecule has 6 heteroatoms. The van der Waals surface area contributed by atoms with Gasteiger partial charge in [-0.15, -0.1) is 0 Å². The number of aromatic amines is 1. The summed E-state index contributed by atoms with van der Waals surface area (Å²) in [6.07, 6.45) is 1.91. The van der Waals surface area contributed by atoms with Gasteiger partial charge < -0.3 is 14.8 Å². The second kappa shape index (κ2) is 5.94. The molecule has 122 valence electrons. The number of rotatable bonds is 3. The molecule has 0 radical (unpaired) electrons. The summed E-state index contributed by atoms with van der Waals surface area (Å²) in [7, 11) is 0. The Morgan fingerprint density at radius 1 is 1.22 bits per heavy atom. The van der Waals surface area contributed by atoms with Crippen molar-refractivity contribution in [2.75, 3.05) is 50.7 Å². The van der Waals surface area contributed by atoms with Crippen LogP contribution in [-0.2, 0) is 0 Å². The maximum absolute atomic E-state index is 11.5. The van der Waals surface area contributed by atoms with Crippen molar-refractivity contribution < 1.29 is 0 Å². The molecule has 6 nitrogen and oxygen atoms in total. The van der Waals surface area contributed by atoms with Crippen molar-refractivity contribution in [1.29, 1.82) is 0 Å². The van der Waals surface area contributed by atoms with E-state index >= 15 is 0 Å². The van der Waals surface area contributed by atoms with Crippen LogP contribution >= 0.6 is 0 Å². The van der Waals surface area contributed by atoms with Crippen molar-refractivity contribution in [2.45, 2.75) is 13.0 Å². The lowest BCUT2D eigenvalue weighted by atomic mass is 10.0. The lowest BCUT2D eigenvalue weighted by Crippen LogP contribution is -2.63. The van der Waals surface area contributed by atoms with Crippen LogP contribution in [0.5, 0.6) is 0 Å². The normalized spacial score (nSPS) is 20.8. The van der Waals surface area contributed by atoms with E-state index in [0.717, 1.165) is 36.4 Å². The highest BCUT2D eigenvalue weighted by Crippen LogP contribution is 2.25. The van der Waals surface area contributed by atoms with Gasteiger partial charge in [0.2, 0.25) is 5.56 Å². The smallest absolute Gasteiger partial charge is 0.248 e. The van der Waals surface area contributed by atoms with Gasteiger partial charge in [0.1, 0.15) is 0 Å². The van der Waals surface area contributed by atoms with Crippen LogP contribution in [0.4, 0.5) is 5.69 Å². The van der Waals surface area contributed by atoms with Gasteiger partial charge in [-0.2, -0.15) is 0 Å². The van der Waals surface area contributed by atoms with Crippen molar-refractivity contribution >= 4 is 16.7 Å². The molecule has 0 unspecified atom stereocenters. The Hall–Kier alpha value is -1.92. The molecular weight excluding hydrogens is 290 g/mol. The summed E-state index contributed by atoms with van der Waals surface area (Å²) < 4.78 is 0. The second-order valence-electron chi connectivity index (χ2n) is 6.48. The number of hydrogen-bond donors (Lipinski definition) is 1. The van der Waals surface area contributed by atoms with E-state index in [1.165, 1.54) is 32.2 Å². The number of hydrogen-bond acceptors (Lipinski definition) is 5. The number of aromatic nitrogens is 2. The van der Waals surface area contributed by atoms with Crippen LogP contribution in [0.2, 0.25) is 0 Å². The minimum Gasteiger partial charge on any atom is -0.367 e. The summed E-state index contributed by atoms with van der Waals surface area (Å²) >= 11 is 0. The molecule has 2 aromatic rings. The third kappa shape index (κ3) is 2.84. The summed E-state index contributed by atoms with van der Waals surface area (Å²) in [5.74, 6) is 0. The van der Waals surface area contributed by atoms with Crippen molar-refractivity contribution in [1.82, 2.24) is 19.8 Å². The molecule has 0 aliphatic carbocycles. The van der Waals surface area contributed by atoms with E-state index < -0.39 is 0 Å². The van der Waals surface area contributed by atoms with E-state index in [2.05, 4.69) is 31.6 Å². The standard InChI is InChI=1S/C17H23N5O/c1-2-20-5-7-21(8-6-20)14-11-22(12-14)13-9-16-15(18-10-13)3-4-17(23)19-16/h3-4,9-10,14H,2,5-8,11-12H2,1H3,(H,19,23). The molecule has 0 bridgehead atoms. The summed E-state index contributed by atoms with van der Waals surface area (Å²) in [4.78, 5) is 26.2. The first-order valence-corrected chi connectivity index (χ1v) is 8.43. The molecule has 0 amide bonds. The average Bonchev–Trinajstić information content (AvgIpc) is 2.54. The number of H-pyrrole nitrogens is 1. The van der Waals surface area contributed by atoms with E-state index in [4.69, 9.17) is 0 Å². The summed E-state index contributed by atoms with van der Waals surface area (Å²) in [5.41, 5.74) is 2.67. The van der Waals surface area contributed by atoms with Gasteiger partial charge >= 0.3 is 0 Å². The molecule has 2 saturated heterocycles. The Morgan fingerprint density at radius 3 is 2.74 bits per heavy atom. The molecule has 2 aliphatic heterocycles. The van der Waals surface area contributed by atoms with Crippen molar-refractivity contribution in [2.24, 2.45) is 0 Å². The van der Waals surface area contributed by atoms with Gasteiger partial charge in [-0.05, 0) is 18.7 Å². The van der Waals surface area contributed by atoms with Crippen molar-refractivity contribution in [3.8, 4) is 0 Å². The molecule has 23 heavy (non-hydrogen) atoms. The minimum atomic E-state index is -0.0771. The van der Waals surface area contributed by atoms with Gasteiger partial charge in [-0.3, -0.25) is 14.7 Å². The van der Waals surface area contributed by atoms with Gasteiger partial charge in [0.15, 0.2) is 0 Å². The fraction of sp³-hybridized carbons (Fsp3) is 0.529. The highest BCUT2D eigenvalue weighted by molar-refractivity contribution is 5.77. The number of fused-ring (bicyclic) bond motifs is 1. The van der Waals surface area contributed by atoms with E-state index in [0.29, 0.717) is 6.04 Å². The maximum atomic E-state index is 11.5. The van der Waals surface area contributed by atoms with Crippen molar-refractivity contribution in [3.05, 3.63) is 34.7 Å². The lowest BCUT2D eigenvalue weighted by Gasteiger charge is -2.49. The zero-order chi connectivity index (χ0) is 15.8. The van der Waals surface area contributed by atoms with Gasteiger partial charge in [0.25, 0.3) is 0 Å². The number of pyridine rings is 2. The topological polar surface area (TPSA) is 55.5 Å². The zero-order valence-corrected chi connectivity index (χ0v) is 13.5. The van der Waals surface area contributed by atoms with Gasteiger partial charge in [0.05, 0.1) is 22.9 Å². The SMILES string of the molecule is CCN1CCN(C2CN(c3cnc4ccc(=O)[nH]c4c3)C2)CC1. The summed E-state index contributed by atoms with van der Waals surface area (Å²) in [6, 6.07) is 5.98. The second-order valence-corrected chi connectivity index (χ2v) is 6.48. The van der Waals surface area contributed by atoms with Gasteiger partial charge in [-0.1, -0.05) is 6.92 Å². The predicted octanol–water partition coefficient (Wildman–Crippen LogP) is 0.749. The molecule has 4 rings (SSSR count). The maximum Gasteiger partial charge on any atom is 0.248 e. The molecule has 0 aromatic carbocycles. The van der Waals surface area contributed by atoms with Crippen LogP contribution < -0.4 is 10.5 Å². The number of likely N-dealkylation sites (N-methyl/N-ethyl adjacent to an activating group) is 1. The van der Waals surface area contributed by atoms with Crippen LogP contribution in [0.1, 0.15) is 6.92 Å². The highest BCUT2D eigenvalue weighted by Gasteiger charge is 2.33. The van der Waals surface area contributed by atoms with Crippen LogP contribution in [-0.4, -0.2) is 71.6 Å². The third-order valence-electron chi connectivity index (χ3n) is 5.15. The minimum absolute atomic E-state index is 0.0771. The summed E-state index contributed by atoms with van der Waals surface area (Å²) in [5, 5.41) is 0. The van der Waals surface area contributed by atoms with E-state index in [1.807, 2.05) is 12.3 Å². The fourth-order valence-electron chi connectivity index (χ4n) is 3.54. The number of nitrogens with zero attached hydrogens (tertiary/aromatic N) is 4. The average molecular weight is 313 g/mol. The molecule has 1 N–H and O–H groups in total.